The van der Waals surface area contributed by atoms with Gasteiger partial charge in [0.05, 0.1) is 11.6 Å². The van der Waals surface area contributed by atoms with Crippen LogP contribution in [0.3, 0.4) is 0 Å². The fourth-order valence-corrected chi connectivity index (χ4v) is 4.06. The van der Waals surface area contributed by atoms with E-state index in [1.807, 2.05) is 6.07 Å². The smallest absolute Gasteiger partial charge is 0.234 e. The van der Waals surface area contributed by atoms with Gasteiger partial charge < -0.3 is 9.42 Å². The number of nitrogens with one attached hydrogen (secondary N) is 1. The Balaban J connectivity index is 1.29. The number of nitrogens with zero attached hydrogens (tertiary/aromatic N) is 7. The van der Waals surface area contributed by atoms with Crippen molar-refractivity contribution in [2.45, 2.75) is 38.5 Å². The van der Waals surface area contributed by atoms with E-state index >= 15 is 0 Å². The molecule has 1 atom stereocenters. The van der Waals surface area contributed by atoms with Crippen molar-refractivity contribution in [2.75, 3.05) is 23.3 Å². The maximum atomic E-state index is 12.9. The van der Waals surface area contributed by atoms with Gasteiger partial charge in [0.1, 0.15) is 24.8 Å². The summed E-state index contributed by atoms with van der Waals surface area (Å²) in [7, 11) is 0. The van der Waals surface area contributed by atoms with Crippen LogP contribution in [0, 0.1) is 5.92 Å². The first-order chi connectivity index (χ1) is 14.3. The molecule has 0 saturated carbocycles. The summed E-state index contributed by atoms with van der Waals surface area (Å²) in [4.78, 5) is 27.6. The summed E-state index contributed by atoms with van der Waals surface area (Å²) in [5.74, 6) is 1.78. The molecule has 10 nitrogen and oxygen atoms in total. The number of hydrogen-bond acceptors (Lipinski definition) is 8. The quantitative estimate of drug-likeness (QED) is 0.712. The van der Waals surface area contributed by atoms with Crippen molar-refractivity contribution in [1.29, 1.82) is 0 Å². The Morgan fingerprint density at radius 1 is 1.14 bits per heavy atom. The average molecular weight is 394 g/mol. The van der Waals surface area contributed by atoms with Crippen molar-refractivity contribution < 1.29 is 9.32 Å². The van der Waals surface area contributed by atoms with E-state index in [9.17, 15) is 4.79 Å². The summed E-state index contributed by atoms with van der Waals surface area (Å²) in [6.07, 6.45) is 10.4. The van der Waals surface area contributed by atoms with Crippen molar-refractivity contribution in [3.63, 3.8) is 0 Å². The second-order valence-electron chi connectivity index (χ2n) is 7.49. The molecule has 0 radical (unpaired) electrons. The minimum Gasteiger partial charge on any atom is -0.356 e. The predicted octanol–water partition coefficient (Wildman–Crippen LogP) is 1.78. The molecule has 10 heteroatoms. The number of carbonyl (C=O) groups excluding carboxylic acids is 1. The Labute approximate surface area is 167 Å². The second-order valence-corrected chi connectivity index (χ2v) is 7.49. The van der Waals surface area contributed by atoms with E-state index < -0.39 is 0 Å². The molecular formula is C19H22N8O2. The standard InChI is InChI=1S/C19H22N8O2/c28-18(24-19-14-5-1-2-6-15(14)25-29-19)13-4-3-7-26(9-13)16-8-17(22-11-21-16)27-12-20-10-23-27/h8,10-13H,1-7,9H2,(H,24,28)/t13-/m0/s1. The lowest BCUT2D eigenvalue weighted by atomic mass is 9.96. The van der Waals surface area contributed by atoms with Crippen LogP contribution < -0.4 is 10.2 Å². The molecule has 4 heterocycles. The summed E-state index contributed by atoms with van der Waals surface area (Å²) in [6.45, 7) is 1.44. The lowest BCUT2D eigenvalue weighted by Gasteiger charge is -2.32. The molecule has 1 aliphatic heterocycles. The maximum Gasteiger partial charge on any atom is 0.234 e. The van der Waals surface area contributed by atoms with E-state index in [1.54, 1.807) is 11.0 Å². The molecule has 3 aromatic heterocycles. The van der Waals surface area contributed by atoms with Crippen LogP contribution in [-0.2, 0) is 17.6 Å². The molecule has 1 N–H and O–H groups in total. The Kier molecular flexibility index (Phi) is 4.66. The van der Waals surface area contributed by atoms with Crippen LogP contribution in [0.25, 0.3) is 5.82 Å². The summed E-state index contributed by atoms with van der Waals surface area (Å²) in [6, 6.07) is 1.86. The zero-order valence-electron chi connectivity index (χ0n) is 16.0. The summed E-state index contributed by atoms with van der Waals surface area (Å²) >= 11 is 0. The molecule has 150 valence electrons. The first kappa shape index (κ1) is 17.8. The monoisotopic (exact) mass is 394 g/mol. The molecule has 1 aliphatic carbocycles. The summed E-state index contributed by atoms with van der Waals surface area (Å²) < 4.78 is 7.01. The number of aromatic nitrogens is 6. The first-order valence-corrected chi connectivity index (χ1v) is 9.98. The van der Waals surface area contributed by atoms with Gasteiger partial charge in [-0.3, -0.25) is 10.1 Å². The molecule has 0 aromatic carbocycles. The van der Waals surface area contributed by atoms with E-state index in [1.165, 1.54) is 12.7 Å². The van der Waals surface area contributed by atoms with Crippen LogP contribution in [0.2, 0.25) is 0 Å². The number of rotatable bonds is 4. The van der Waals surface area contributed by atoms with Crippen molar-refractivity contribution in [1.82, 2.24) is 29.9 Å². The van der Waals surface area contributed by atoms with Gasteiger partial charge in [-0.15, -0.1) is 0 Å². The van der Waals surface area contributed by atoms with Crippen LogP contribution in [0.15, 0.2) is 29.6 Å². The van der Waals surface area contributed by atoms with Crippen LogP contribution in [0.4, 0.5) is 11.7 Å². The molecule has 1 saturated heterocycles. The lowest BCUT2D eigenvalue weighted by molar-refractivity contribution is -0.120. The number of hydrogen-bond donors (Lipinski definition) is 1. The average Bonchev–Trinajstić information content (AvgIpc) is 3.45. The molecule has 1 fully saturated rings. The van der Waals surface area contributed by atoms with Crippen molar-refractivity contribution in [3.8, 4) is 5.82 Å². The first-order valence-electron chi connectivity index (χ1n) is 9.98. The number of piperidine rings is 1. The van der Waals surface area contributed by atoms with Crippen LogP contribution in [0.5, 0.6) is 0 Å². The fourth-order valence-electron chi connectivity index (χ4n) is 4.06. The van der Waals surface area contributed by atoms with Gasteiger partial charge in [-0.25, -0.2) is 19.6 Å². The molecule has 5 rings (SSSR count). The Hall–Kier alpha value is -3.30. The van der Waals surface area contributed by atoms with E-state index in [0.717, 1.165) is 62.1 Å². The Morgan fingerprint density at radius 3 is 2.93 bits per heavy atom. The minimum atomic E-state index is -0.141. The van der Waals surface area contributed by atoms with Gasteiger partial charge in [-0.05, 0) is 38.5 Å². The van der Waals surface area contributed by atoms with Crippen LogP contribution >= 0.6 is 0 Å². The topological polar surface area (TPSA) is 115 Å². The number of anilines is 2. The minimum absolute atomic E-state index is 0.0234. The normalized spacial score (nSPS) is 19.0. The second kappa shape index (κ2) is 7.61. The number of amides is 1. The van der Waals surface area contributed by atoms with Crippen molar-refractivity contribution >= 4 is 17.6 Å². The fraction of sp³-hybridized carbons (Fsp3) is 0.474. The van der Waals surface area contributed by atoms with Crippen LogP contribution in [0.1, 0.15) is 36.9 Å². The largest absolute Gasteiger partial charge is 0.356 e. The highest BCUT2D eigenvalue weighted by atomic mass is 16.5. The highest BCUT2D eigenvalue weighted by Crippen LogP contribution is 2.29. The van der Waals surface area contributed by atoms with E-state index in [4.69, 9.17) is 4.52 Å². The number of fused-ring (bicyclic) bond motifs is 1. The molecule has 29 heavy (non-hydrogen) atoms. The van der Waals surface area contributed by atoms with E-state index in [2.05, 4.69) is 35.4 Å². The zero-order chi connectivity index (χ0) is 19.6. The summed E-state index contributed by atoms with van der Waals surface area (Å²) in [5, 5.41) is 11.2. The maximum absolute atomic E-state index is 12.9. The summed E-state index contributed by atoms with van der Waals surface area (Å²) in [5.41, 5.74) is 2.05. The third kappa shape index (κ3) is 3.57. The number of carbonyl (C=O) groups is 1. The molecule has 0 unspecified atom stereocenters. The highest BCUT2D eigenvalue weighted by Gasteiger charge is 2.29. The third-order valence-corrected chi connectivity index (χ3v) is 5.60. The molecule has 2 aliphatic rings. The van der Waals surface area contributed by atoms with Crippen LogP contribution in [-0.4, -0.2) is 48.9 Å². The van der Waals surface area contributed by atoms with Gasteiger partial charge in [0.2, 0.25) is 11.8 Å². The molecule has 0 bridgehead atoms. The van der Waals surface area contributed by atoms with Crippen molar-refractivity contribution in [3.05, 3.63) is 36.3 Å². The van der Waals surface area contributed by atoms with Gasteiger partial charge in [0.25, 0.3) is 0 Å². The highest BCUT2D eigenvalue weighted by molar-refractivity contribution is 5.92. The lowest BCUT2D eigenvalue weighted by Crippen LogP contribution is -2.41. The Bertz CT molecular complexity index is 1000. The zero-order valence-corrected chi connectivity index (χ0v) is 16.0. The van der Waals surface area contributed by atoms with E-state index in [0.29, 0.717) is 18.2 Å². The molecule has 1 amide bonds. The van der Waals surface area contributed by atoms with E-state index in [-0.39, 0.29) is 11.8 Å². The number of aryl methyl sites for hydroxylation is 1. The van der Waals surface area contributed by atoms with Gasteiger partial charge in [0, 0.05) is 24.7 Å². The molecule has 0 spiro atoms. The third-order valence-electron chi connectivity index (χ3n) is 5.60. The molecular weight excluding hydrogens is 372 g/mol. The van der Waals surface area contributed by atoms with Crippen molar-refractivity contribution in [2.24, 2.45) is 5.92 Å². The SMILES string of the molecule is O=C(Nc1onc2c1CCCC2)[C@H]1CCCN(c2cc(-n3cncn3)ncn2)C1. The molecule has 3 aromatic rings. The van der Waals surface area contributed by atoms with Gasteiger partial charge in [-0.1, -0.05) is 5.16 Å². The van der Waals surface area contributed by atoms with Gasteiger partial charge in [0.15, 0.2) is 5.82 Å². The van der Waals surface area contributed by atoms with Gasteiger partial charge >= 0.3 is 0 Å². The van der Waals surface area contributed by atoms with Gasteiger partial charge in [-0.2, -0.15) is 5.10 Å². The Morgan fingerprint density at radius 2 is 2.03 bits per heavy atom. The predicted molar refractivity (Wildman–Crippen MR) is 104 cm³/mol.